The van der Waals surface area contributed by atoms with Crippen molar-refractivity contribution in [1.82, 2.24) is 10.8 Å². The summed E-state index contributed by atoms with van der Waals surface area (Å²) in [6.07, 6.45) is 2.54. The lowest BCUT2D eigenvalue weighted by atomic mass is 10.0. The van der Waals surface area contributed by atoms with Crippen LogP contribution in [-0.4, -0.2) is 17.0 Å². The molecule has 2 amide bonds. The lowest BCUT2D eigenvalue weighted by Gasteiger charge is -2.15. The van der Waals surface area contributed by atoms with Crippen LogP contribution in [0.25, 0.3) is 6.08 Å². The van der Waals surface area contributed by atoms with Crippen LogP contribution in [0.15, 0.2) is 54.1 Å². The minimum atomic E-state index is -0.579. The molecule has 2 aromatic carbocycles. The minimum absolute atomic E-state index is 0.115. The van der Waals surface area contributed by atoms with Gasteiger partial charge in [-0.15, -0.1) is 0 Å². The zero-order valence-corrected chi connectivity index (χ0v) is 13.2. The van der Waals surface area contributed by atoms with Crippen molar-refractivity contribution in [3.63, 3.8) is 0 Å². The minimum Gasteiger partial charge on any atom is -0.346 e. The van der Waals surface area contributed by atoms with E-state index in [0.29, 0.717) is 12.0 Å². The third-order valence-electron chi connectivity index (χ3n) is 4.16. The smallest absolute Gasteiger partial charge is 0.274 e. The SMILES string of the molecule is CC(NC(=O)C1=Cc2ccccc2C1)c1cccc(C(=O)NO)c1. The van der Waals surface area contributed by atoms with E-state index in [1.807, 2.05) is 43.3 Å². The molecule has 0 bridgehead atoms. The molecule has 5 nitrogen and oxygen atoms in total. The number of hydroxylamine groups is 1. The fraction of sp³-hybridized carbons (Fsp3) is 0.158. The van der Waals surface area contributed by atoms with Crippen LogP contribution in [0.1, 0.15) is 40.0 Å². The van der Waals surface area contributed by atoms with Gasteiger partial charge in [-0.25, -0.2) is 5.48 Å². The van der Waals surface area contributed by atoms with Crippen molar-refractivity contribution in [2.24, 2.45) is 0 Å². The average Bonchev–Trinajstić information content (AvgIpc) is 3.05. The molecule has 0 radical (unpaired) electrons. The molecule has 0 spiro atoms. The van der Waals surface area contributed by atoms with Crippen molar-refractivity contribution in [1.29, 1.82) is 0 Å². The van der Waals surface area contributed by atoms with Gasteiger partial charge >= 0.3 is 0 Å². The van der Waals surface area contributed by atoms with E-state index in [0.717, 1.165) is 22.3 Å². The molecule has 5 heteroatoms. The second-order valence-corrected chi connectivity index (χ2v) is 5.81. The quantitative estimate of drug-likeness (QED) is 0.598. The summed E-state index contributed by atoms with van der Waals surface area (Å²) < 4.78 is 0. The van der Waals surface area contributed by atoms with E-state index in [2.05, 4.69) is 5.32 Å². The maximum atomic E-state index is 12.5. The van der Waals surface area contributed by atoms with Gasteiger partial charge in [0.05, 0.1) is 6.04 Å². The van der Waals surface area contributed by atoms with Gasteiger partial charge < -0.3 is 5.32 Å². The summed E-state index contributed by atoms with van der Waals surface area (Å²) in [7, 11) is 0. The van der Waals surface area contributed by atoms with Crippen LogP contribution in [-0.2, 0) is 11.2 Å². The number of hydrogen-bond acceptors (Lipinski definition) is 3. The first-order chi connectivity index (χ1) is 11.6. The fourth-order valence-electron chi connectivity index (χ4n) is 2.81. The van der Waals surface area contributed by atoms with Crippen molar-refractivity contribution in [2.45, 2.75) is 19.4 Å². The zero-order valence-electron chi connectivity index (χ0n) is 13.2. The van der Waals surface area contributed by atoms with E-state index in [1.54, 1.807) is 23.7 Å². The Kier molecular flexibility index (Phi) is 4.44. The number of amides is 2. The molecule has 1 unspecified atom stereocenters. The molecular weight excluding hydrogens is 304 g/mol. The van der Waals surface area contributed by atoms with Crippen molar-refractivity contribution < 1.29 is 14.8 Å². The van der Waals surface area contributed by atoms with Crippen molar-refractivity contribution in [3.05, 3.63) is 76.4 Å². The zero-order chi connectivity index (χ0) is 17.1. The summed E-state index contributed by atoms with van der Waals surface area (Å²) in [5.74, 6) is -0.694. The lowest BCUT2D eigenvalue weighted by molar-refractivity contribution is -0.118. The molecule has 24 heavy (non-hydrogen) atoms. The Labute approximate surface area is 140 Å². The van der Waals surface area contributed by atoms with Crippen molar-refractivity contribution >= 4 is 17.9 Å². The highest BCUT2D eigenvalue weighted by Crippen LogP contribution is 2.25. The maximum Gasteiger partial charge on any atom is 0.274 e. The van der Waals surface area contributed by atoms with Gasteiger partial charge in [0, 0.05) is 17.6 Å². The van der Waals surface area contributed by atoms with Gasteiger partial charge in [-0.05, 0) is 41.8 Å². The maximum absolute atomic E-state index is 12.5. The van der Waals surface area contributed by atoms with Crippen LogP contribution in [0.5, 0.6) is 0 Å². The lowest BCUT2D eigenvalue weighted by Crippen LogP contribution is -2.28. The van der Waals surface area contributed by atoms with E-state index in [9.17, 15) is 9.59 Å². The summed E-state index contributed by atoms with van der Waals surface area (Å²) in [5, 5.41) is 11.7. The number of fused-ring (bicyclic) bond motifs is 1. The molecule has 0 fully saturated rings. The van der Waals surface area contributed by atoms with Gasteiger partial charge in [0.2, 0.25) is 5.91 Å². The number of hydrogen-bond donors (Lipinski definition) is 3. The molecule has 0 aromatic heterocycles. The molecule has 1 atom stereocenters. The first kappa shape index (κ1) is 16.0. The Morgan fingerprint density at radius 1 is 1.08 bits per heavy atom. The monoisotopic (exact) mass is 322 g/mol. The van der Waals surface area contributed by atoms with Gasteiger partial charge in [-0.2, -0.15) is 0 Å². The summed E-state index contributed by atoms with van der Waals surface area (Å²) in [6.45, 7) is 1.86. The van der Waals surface area contributed by atoms with E-state index in [-0.39, 0.29) is 11.9 Å². The van der Waals surface area contributed by atoms with Gasteiger partial charge in [-0.1, -0.05) is 36.4 Å². The van der Waals surface area contributed by atoms with Crippen molar-refractivity contribution in [3.8, 4) is 0 Å². The molecule has 3 rings (SSSR count). The Hall–Kier alpha value is -2.92. The van der Waals surface area contributed by atoms with E-state index in [4.69, 9.17) is 5.21 Å². The van der Waals surface area contributed by atoms with Crippen molar-refractivity contribution in [2.75, 3.05) is 0 Å². The summed E-state index contributed by atoms with van der Waals surface area (Å²) in [6, 6.07) is 14.5. The van der Waals surface area contributed by atoms with Gasteiger partial charge in [-0.3, -0.25) is 14.8 Å². The van der Waals surface area contributed by atoms with E-state index >= 15 is 0 Å². The fourth-order valence-corrected chi connectivity index (χ4v) is 2.81. The molecule has 3 N–H and O–H groups in total. The Balaban J connectivity index is 1.71. The number of nitrogens with one attached hydrogen (secondary N) is 2. The summed E-state index contributed by atoms with van der Waals surface area (Å²) >= 11 is 0. The first-order valence-electron chi connectivity index (χ1n) is 7.72. The van der Waals surface area contributed by atoms with Gasteiger partial charge in [0.25, 0.3) is 5.91 Å². The van der Waals surface area contributed by atoms with Gasteiger partial charge in [0.15, 0.2) is 0 Å². The molecule has 0 saturated carbocycles. The molecule has 122 valence electrons. The van der Waals surface area contributed by atoms with Crippen LogP contribution in [0.2, 0.25) is 0 Å². The highest BCUT2D eigenvalue weighted by atomic mass is 16.5. The van der Waals surface area contributed by atoms with Crippen LogP contribution >= 0.6 is 0 Å². The third kappa shape index (κ3) is 3.21. The van der Waals surface area contributed by atoms with Crippen LogP contribution in [0, 0.1) is 0 Å². The largest absolute Gasteiger partial charge is 0.346 e. The van der Waals surface area contributed by atoms with Crippen LogP contribution in [0.4, 0.5) is 0 Å². The topological polar surface area (TPSA) is 78.4 Å². The third-order valence-corrected chi connectivity index (χ3v) is 4.16. The Bertz CT molecular complexity index is 827. The molecule has 1 aliphatic rings. The first-order valence-corrected chi connectivity index (χ1v) is 7.72. The predicted octanol–water partition coefficient (Wildman–Crippen LogP) is 2.62. The molecule has 0 aliphatic heterocycles. The van der Waals surface area contributed by atoms with E-state index < -0.39 is 5.91 Å². The molecule has 1 aliphatic carbocycles. The van der Waals surface area contributed by atoms with E-state index in [1.165, 1.54) is 0 Å². The van der Waals surface area contributed by atoms with Crippen LogP contribution < -0.4 is 10.8 Å². The second-order valence-electron chi connectivity index (χ2n) is 5.81. The number of carbonyl (C=O) groups is 2. The summed E-state index contributed by atoms with van der Waals surface area (Å²) in [4.78, 5) is 24.0. The Morgan fingerprint density at radius 3 is 2.62 bits per heavy atom. The molecule has 0 saturated heterocycles. The highest BCUT2D eigenvalue weighted by Gasteiger charge is 2.20. The molecular formula is C19H18N2O3. The standard InChI is InChI=1S/C19H18N2O3/c1-12(13-7-4-8-16(9-13)19(23)21-24)20-18(22)17-10-14-5-2-3-6-15(14)11-17/h2-10,12,24H,11H2,1H3,(H,20,22)(H,21,23). The molecule has 2 aromatic rings. The van der Waals surface area contributed by atoms with Crippen LogP contribution in [0.3, 0.4) is 0 Å². The Morgan fingerprint density at radius 2 is 1.88 bits per heavy atom. The summed E-state index contributed by atoms with van der Waals surface area (Å²) in [5.41, 5.74) is 5.70. The number of rotatable bonds is 4. The highest BCUT2D eigenvalue weighted by molar-refractivity contribution is 6.00. The number of benzene rings is 2. The normalized spacial score (nSPS) is 13.7. The number of carbonyl (C=O) groups excluding carboxylic acids is 2. The molecule has 0 heterocycles. The van der Waals surface area contributed by atoms with Gasteiger partial charge in [0.1, 0.15) is 0 Å². The second kappa shape index (κ2) is 6.68. The average molecular weight is 322 g/mol. The predicted molar refractivity (Wildman–Crippen MR) is 90.4 cm³/mol.